The molecule has 1 aromatic heterocycles. The van der Waals surface area contributed by atoms with E-state index < -0.39 is 0 Å². The standard InChI is InChI=1S/C28H25FN4O2/c1-4-15-33(18-20-9-14-26-24(16-20)28(35)32(3)19(2)31-26)23-12-10-21(11-13-23)27(34)30-17-22-7-5-6-8-25(22)29/h1,5-14,16H,15,17-18H2,2-3H3,(H,30,34). The maximum atomic E-state index is 13.8. The lowest BCUT2D eigenvalue weighted by molar-refractivity contribution is 0.0950. The van der Waals surface area contributed by atoms with Crippen LogP contribution in [0.15, 0.2) is 71.5 Å². The highest BCUT2D eigenvalue weighted by Gasteiger charge is 2.12. The van der Waals surface area contributed by atoms with Crippen LogP contribution in [-0.2, 0) is 20.1 Å². The molecule has 0 unspecified atom stereocenters. The van der Waals surface area contributed by atoms with Crippen LogP contribution in [0.5, 0.6) is 0 Å². The van der Waals surface area contributed by atoms with E-state index >= 15 is 0 Å². The van der Waals surface area contributed by atoms with Crippen molar-refractivity contribution < 1.29 is 9.18 Å². The van der Waals surface area contributed by atoms with Crippen molar-refractivity contribution in [3.05, 3.63) is 105 Å². The number of anilines is 1. The number of aryl methyl sites for hydroxylation is 1. The number of hydrogen-bond acceptors (Lipinski definition) is 4. The molecule has 0 aliphatic carbocycles. The van der Waals surface area contributed by atoms with Gasteiger partial charge in [-0.2, -0.15) is 0 Å². The minimum Gasteiger partial charge on any atom is -0.356 e. The summed E-state index contributed by atoms with van der Waals surface area (Å²) < 4.78 is 15.3. The van der Waals surface area contributed by atoms with Gasteiger partial charge in [0, 0.05) is 37.0 Å². The Morgan fingerprint density at radius 3 is 2.60 bits per heavy atom. The van der Waals surface area contributed by atoms with Crippen LogP contribution >= 0.6 is 0 Å². The number of nitrogens with one attached hydrogen (secondary N) is 1. The molecular formula is C28H25FN4O2. The van der Waals surface area contributed by atoms with E-state index in [1.165, 1.54) is 10.6 Å². The van der Waals surface area contributed by atoms with Crippen molar-refractivity contribution in [1.29, 1.82) is 0 Å². The summed E-state index contributed by atoms with van der Waals surface area (Å²) in [6, 6.07) is 19.0. The van der Waals surface area contributed by atoms with Gasteiger partial charge in [0.15, 0.2) is 0 Å². The van der Waals surface area contributed by atoms with Crippen LogP contribution in [-0.4, -0.2) is 22.0 Å². The molecule has 0 radical (unpaired) electrons. The van der Waals surface area contributed by atoms with E-state index in [4.69, 9.17) is 6.42 Å². The van der Waals surface area contributed by atoms with Crippen molar-refractivity contribution in [3.8, 4) is 12.3 Å². The van der Waals surface area contributed by atoms with Gasteiger partial charge in [-0.05, 0) is 55.0 Å². The predicted octanol–water partition coefficient (Wildman–Crippen LogP) is 3.95. The van der Waals surface area contributed by atoms with E-state index in [2.05, 4.69) is 16.2 Å². The molecule has 0 saturated carbocycles. The highest BCUT2D eigenvalue weighted by molar-refractivity contribution is 5.94. The Kier molecular flexibility index (Phi) is 6.93. The molecule has 4 rings (SSSR count). The van der Waals surface area contributed by atoms with E-state index in [0.717, 1.165) is 11.3 Å². The summed E-state index contributed by atoms with van der Waals surface area (Å²) in [6.07, 6.45) is 5.61. The number of hydrogen-bond donors (Lipinski definition) is 1. The molecule has 1 heterocycles. The normalized spacial score (nSPS) is 10.7. The fraction of sp³-hybridized carbons (Fsp3) is 0.179. The molecule has 0 aliphatic heterocycles. The largest absolute Gasteiger partial charge is 0.356 e. The number of fused-ring (bicyclic) bond motifs is 1. The second kappa shape index (κ2) is 10.2. The molecule has 4 aromatic rings. The third-order valence-corrected chi connectivity index (χ3v) is 5.91. The number of nitrogens with zero attached hydrogens (tertiary/aromatic N) is 3. The molecule has 0 fully saturated rings. The average Bonchev–Trinajstić information content (AvgIpc) is 2.87. The zero-order chi connectivity index (χ0) is 24.9. The molecule has 7 heteroatoms. The molecule has 176 valence electrons. The molecule has 0 aliphatic rings. The zero-order valence-corrected chi connectivity index (χ0v) is 19.6. The number of halogens is 1. The van der Waals surface area contributed by atoms with Gasteiger partial charge in [-0.15, -0.1) is 6.42 Å². The first-order chi connectivity index (χ1) is 16.9. The van der Waals surface area contributed by atoms with Crippen molar-refractivity contribution >= 4 is 22.5 Å². The SMILES string of the molecule is C#CCN(Cc1ccc2nc(C)n(C)c(=O)c2c1)c1ccc(C(=O)NCc2ccccc2F)cc1. The minimum atomic E-state index is -0.356. The molecular weight excluding hydrogens is 443 g/mol. The summed E-state index contributed by atoms with van der Waals surface area (Å²) in [5.74, 6) is 2.67. The molecule has 0 saturated heterocycles. The van der Waals surface area contributed by atoms with E-state index in [1.54, 1.807) is 44.3 Å². The molecule has 0 spiro atoms. The van der Waals surface area contributed by atoms with E-state index in [1.807, 2.05) is 35.2 Å². The second-order valence-electron chi connectivity index (χ2n) is 8.26. The molecule has 6 nitrogen and oxygen atoms in total. The first-order valence-electron chi connectivity index (χ1n) is 11.1. The minimum absolute atomic E-state index is 0.0939. The Morgan fingerprint density at radius 2 is 1.89 bits per heavy atom. The van der Waals surface area contributed by atoms with Crippen LogP contribution in [0.1, 0.15) is 27.3 Å². The molecule has 0 atom stereocenters. The highest BCUT2D eigenvalue weighted by atomic mass is 19.1. The van der Waals surface area contributed by atoms with Gasteiger partial charge >= 0.3 is 0 Å². The maximum absolute atomic E-state index is 13.8. The molecule has 1 amide bonds. The Labute approximate surface area is 203 Å². The molecule has 1 N–H and O–H groups in total. The van der Waals surface area contributed by atoms with Gasteiger partial charge < -0.3 is 10.2 Å². The average molecular weight is 469 g/mol. The number of carbonyl (C=O) groups is 1. The molecule has 0 bridgehead atoms. The summed E-state index contributed by atoms with van der Waals surface area (Å²) in [5.41, 5.74) is 3.20. The maximum Gasteiger partial charge on any atom is 0.261 e. The lowest BCUT2D eigenvalue weighted by Crippen LogP contribution is -2.25. The van der Waals surface area contributed by atoms with Gasteiger partial charge in [-0.25, -0.2) is 9.37 Å². The van der Waals surface area contributed by atoms with Crippen LogP contribution in [0.3, 0.4) is 0 Å². The Hall–Kier alpha value is -4.44. The molecule has 3 aromatic carbocycles. The van der Waals surface area contributed by atoms with Crippen molar-refractivity contribution in [2.45, 2.75) is 20.0 Å². The summed E-state index contributed by atoms with van der Waals surface area (Å²) in [4.78, 5) is 31.6. The highest BCUT2D eigenvalue weighted by Crippen LogP contribution is 2.20. The summed E-state index contributed by atoms with van der Waals surface area (Å²) in [7, 11) is 1.70. The van der Waals surface area contributed by atoms with Gasteiger partial charge in [0.1, 0.15) is 11.6 Å². The first-order valence-corrected chi connectivity index (χ1v) is 11.1. The molecule has 35 heavy (non-hydrogen) atoms. The smallest absolute Gasteiger partial charge is 0.261 e. The monoisotopic (exact) mass is 468 g/mol. The van der Waals surface area contributed by atoms with E-state index in [9.17, 15) is 14.0 Å². The lowest BCUT2D eigenvalue weighted by atomic mass is 10.1. The number of carbonyl (C=O) groups excluding carboxylic acids is 1. The lowest BCUT2D eigenvalue weighted by Gasteiger charge is -2.23. The van der Waals surface area contributed by atoms with Crippen molar-refractivity contribution in [2.75, 3.05) is 11.4 Å². The van der Waals surface area contributed by atoms with Crippen LogP contribution < -0.4 is 15.8 Å². The van der Waals surface area contributed by atoms with Crippen LogP contribution in [0.2, 0.25) is 0 Å². The fourth-order valence-electron chi connectivity index (χ4n) is 3.84. The summed E-state index contributed by atoms with van der Waals surface area (Å²) in [5, 5.41) is 3.29. The van der Waals surface area contributed by atoms with Gasteiger partial charge in [-0.3, -0.25) is 14.2 Å². The topological polar surface area (TPSA) is 67.2 Å². The Bertz CT molecular complexity index is 1490. The number of terminal acetylenes is 1. The second-order valence-corrected chi connectivity index (χ2v) is 8.26. The third-order valence-electron chi connectivity index (χ3n) is 5.91. The predicted molar refractivity (Wildman–Crippen MR) is 136 cm³/mol. The van der Waals surface area contributed by atoms with Crippen LogP contribution in [0.25, 0.3) is 10.9 Å². The number of amides is 1. The Balaban J connectivity index is 1.50. The number of aromatic nitrogens is 2. The van der Waals surface area contributed by atoms with Crippen LogP contribution in [0.4, 0.5) is 10.1 Å². The van der Waals surface area contributed by atoms with E-state index in [-0.39, 0.29) is 23.8 Å². The summed E-state index contributed by atoms with van der Waals surface area (Å²) >= 11 is 0. The van der Waals surface area contributed by atoms with Gasteiger partial charge in [0.05, 0.1) is 17.4 Å². The number of rotatable bonds is 7. The summed E-state index contributed by atoms with van der Waals surface area (Å²) in [6.45, 7) is 2.73. The third kappa shape index (κ3) is 5.22. The van der Waals surface area contributed by atoms with Gasteiger partial charge in [0.25, 0.3) is 11.5 Å². The zero-order valence-electron chi connectivity index (χ0n) is 19.6. The van der Waals surface area contributed by atoms with Crippen molar-refractivity contribution in [3.63, 3.8) is 0 Å². The Morgan fingerprint density at radius 1 is 1.14 bits per heavy atom. The number of benzene rings is 3. The van der Waals surface area contributed by atoms with Gasteiger partial charge in [0.2, 0.25) is 0 Å². The van der Waals surface area contributed by atoms with Gasteiger partial charge in [-0.1, -0.05) is 30.2 Å². The van der Waals surface area contributed by atoms with E-state index in [0.29, 0.717) is 40.9 Å². The first kappa shape index (κ1) is 23.7. The van der Waals surface area contributed by atoms with Crippen molar-refractivity contribution in [1.82, 2.24) is 14.9 Å². The fourth-order valence-corrected chi connectivity index (χ4v) is 3.84. The van der Waals surface area contributed by atoms with Crippen LogP contribution in [0, 0.1) is 25.1 Å². The van der Waals surface area contributed by atoms with Crippen molar-refractivity contribution in [2.24, 2.45) is 7.05 Å². The quantitative estimate of drug-likeness (QED) is 0.417.